The quantitative estimate of drug-likeness (QED) is 0.513. The van der Waals surface area contributed by atoms with E-state index in [2.05, 4.69) is 35.8 Å². The topological polar surface area (TPSA) is 15.7 Å². The number of thioether (sulfide) groups is 1. The lowest BCUT2D eigenvalue weighted by atomic mass is 10.1. The molecule has 2 aliphatic heterocycles. The van der Waals surface area contributed by atoms with Gasteiger partial charge < -0.3 is 4.74 Å². The minimum absolute atomic E-state index is 0.366. The molecule has 0 spiro atoms. The molecule has 0 aliphatic carbocycles. The summed E-state index contributed by atoms with van der Waals surface area (Å²) < 4.78 is 5.87. The van der Waals surface area contributed by atoms with Crippen molar-refractivity contribution in [2.24, 2.45) is 0 Å². The molecule has 2 aliphatic rings. The number of nitrogens with zero attached hydrogens (tertiary/aromatic N) is 2. The average molecular weight is 383 g/mol. The molecule has 0 N–H and O–H groups in total. The molecule has 3 unspecified atom stereocenters. The third-order valence-electron chi connectivity index (χ3n) is 5.15. The summed E-state index contributed by atoms with van der Waals surface area (Å²) in [6.45, 7) is 10.2. The van der Waals surface area contributed by atoms with Crippen LogP contribution in [0.15, 0.2) is 29.2 Å². The van der Waals surface area contributed by atoms with Crippen LogP contribution in [0, 0.1) is 0 Å². The van der Waals surface area contributed by atoms with Gasteiger partial charge in [0.1, 0.15) is 0 Å². The predicted octanol–water partition coefficient (Wildman–Crippen LogP) is 4.40. The first-order valence-electron chi connectivity index (χ1n) is 9.61. The summed E-state index contributed by atoms with van der Waals surface area (Å²) in [5.41, 5.74) is 0. The SMILES string of the molecule is CC1CN(CC2CCCN2CCCSc2ccccc2Cl)CC(C)O1. The molecule has 2 heterocycles. The van der Waals surface area contributed by atoms with Gasteiger partial charge in [0.25, 0.3) is 0 Å². The van der Waals surface area contributed by atoms with Crippen LogP contribution in [0.3, 0.4) is 0 Å². The van der Waals surface area contributed by atoms with Crippen LogP contribution in [0.5, 0.6) is 0 Å². The van der Waals surface area contributed by atoms with Crippen LogP contribution in [0.1, 0.15) is 33.1 Å². The molecule has 3 atom stereocenters. The second-order valence-electron chi connectivity index (χ2n) is 7.44. The number of hydrogen-bond acceptors (Lipinski definition) is 4. The standard InChI is InChI=1S/C20H31ClN2OS/c1-16-13-22(14-17(2)24-16)15-18-7-5-10-23(18)11-6-12-25-20-9-4-3-8-19(20)21/h3-4,8-9,16-18H,5-7,10-15H2,1-2H3. The van der Waals surface area contributed by atoms with E-state index in [1.54, 1.807) is 0 Å². The van der Waals surface area contributed by atoms with Crippen molar-refractivity contribution in [1.29, 1.82) is 0 Å². The van der Waals surface area contributed by atoms with Gasteiger partial charge in [-0.25, -0.2) is 0 Å². The normalized spacial score (nSPS) is 28.5. The Morgan fingerprint density at radius 2 is 1.96 bits per heavy atom. The second kappa shape index (κ2) is 9.61. The van der Waals surface area contributed by atoms with Crippen LogP contribution < -0.4 is 0 Å². The van der Waals surface area contributed by atoms with Gasteiger partial charge in [-0.2, -0.15) is 0 Å². The number of halogens is 1. The molecular formula is C20H31ClN2OS. The fourth-order valence-corrected chi connectivity index (χ4v) is 5.31. The lowest BCUT2D eigenvalue weighted by Gasteiger charge is -2.38. The molecule has 0 amide bonds. The Morgan fingerprint density at radius 1 is 1.20 bits per heavy atom. The third kappa shape index (κ3) is 5.86. The van der Waals surface area contributed by atoms with Crippen LogP contribution in [-0.4, -0.2) is 66.5 Å². The molecule has 2 fully saturated rings. The number of morpholine rings is 1. The zero-order chi connectivity index (χ0) is 17.6. The van der Waals surface area contributed by atoms with Crippen molar-refractivity contribution in [1.82, 2.24) is 9.80 Å². The van der Waals surface area contributed by atoms with E-state index in [4.69, 9.17) is 16.3 Å². The number of hydrogen-bond donors (Lipinski definition) is 0. The van der Waals surface area contributed by atoms with Gasteiger partial charge in [0, 0.05) is 30.6 Å². The third-order valence-corrected chi connectivity index (χ3v) is 6.75. The van der Waals surface area contributed by atoms with Crippen molar-refractivity contribution in [3.63, 3.8) is 0 Å². The largest absolute Gasteiger partial charge is 0.373 e. The van der Waals surface area contributed by atoms with Gasteiger partial charge in [-0.05, 0) is 64.1 Å². The van der Waals surface area contributed by atoms with Gasteiger partial charge in [-0.1, -0.05) is 23.7 Å². The van der Waals surface area contributed by atoms with E-state index in [-0.39, 0.29) is 0 Å². The summed E-state index contributed by atoms with van der Waals surface area (Å²) in [4.78, 5) is 6.52. The highest BCUT2D eigenvalue weighted by atomic mass is 35.5. The van der Waals surface area contributed by atoms with Crippen molar-refractivity contribution < 1.29 is 4.74 Å². The van der Waals surface area contributed by atoms with Crippen molar-refractivity contribution >= 4 is 23.4 Å². The Morgan fingerprint density at radius 3 is 2.72 bits per heavy atom. The van der Waals surface area contributed by atoms with Gasteiger partial charge in [0.15, 0.2) is 0 Å². The van der Waals surface area contributed by atoms with Gasteiger partial charge >= 0.3 is 0 Å². The highest BCUT2D eigenvalue weighted by Crippen LogP contribution is 2.27. The van der Waals surface area contributed by atoms with Crippen molar-refractivity contribution in [3.8, 4) is 0 Å². The number of likely N-dealkylation sites (tertiary alicyclic amines) is 1. The molecule has 3 rings (SSSR count). The van der Waals surface area contributed by atoms with Crippen LogP contribution >= 0.6 is 23.4 Å². The summed E-state index contributed by atoms with van der Waals surface area (Å²) in [6, 6.07) is 8.88. The first-order chi connectivity index (χ1) is 12.1. The molecule has 2 saturated heterocycles. The van der Waals surface area contributed by atoms with Crippen molar-refractivity contribution in [2.75, 3.05) is 38.5 Å². The first kappa shape index (κ1) is 19.5. The van der Waals surface area contributed by atoms with Crippen molar-refractivity contribution in [2.45, 2.75) is 56.3 Å². The summed E-state index contributed by atoms with van der Waals surface area (Å²) >= 11 is 8.12. The zero-order valence-electron chi connectivity index (χ0n) is 15.5. The summed E-state index contributed by atoms with van der Waals surface area (Å²) in [7, 11) is 0. The second-order valence-corrected chi connectivity index (χ2v) is 8.98. The number of rotatable bonds is 7. The molecule has 1 aromatic rings. The van der Waals surface area contributed by atoms with E-state index < -0.39 is 0 Å². The van der Waals surface area contributed by atoms with E-state index in [1.807, 2.05) is 23.9 Å². The van der Waals surface area contributed by atoms with E-state index >= 15 is 0 Å². The molecular weight excluding hydrogens is 352 g/mol. The maximum absolute atomic E-state index is 6.24. The van der Waals surface area contributed by atoms with E-state index in [9.17, 15) is 0 Å². The molecule has 0 saturated carbocycles. The Kier molecular flexibility index (Phi) is 7.50. The Bertz CT molecular complexity index is 534. The molecule has 0 bridgehead atoms. The summed E-state index contributed by atoms with van der Waals surface area (Å²) in [5, 5.41) is 0.877. The highest BCUT2D eigenvalue weighted by Gasteiger charge is 2.29. The van der Waals surface area contributed by atoms with Gasteiger partial charge in [-0.15, -0.1) is 11.8 Å². The predicted molar refractivity (Wildman–Crippen MR) is 108 cm³/mol. The van der Waals surface area contributed by atoms with Gasteiger partial charge in [0.2, 0.25) is 0 Å². The van der Waals surface area contributed by atoms with Crippen molar-refractivity contribution in [3.05, 3.63) is 29.3 Å². The smallest absolute Gasteiger partial charge is 0.0678 e. The molecule has 140 valence electrons. The minimum atomic E-state index is 0.366. The fraction of sp³-hybridized carbons (Fsp3) is 0.700. The monoisotopic (exact) mass is 382 g/mol. The number of ether oxygens (including phenoxy) is 1. The van der Waals surface area contributed by atoms with Gasteiger partial charge in [0.05, 0.1) is 17.2 Å². The van der Waals surface area contributed by atoms with Crippen LogP contribution in [0.25, 0.3) is 0 Å². The molecule has 0 aromatic heterocycles. The summed E-state index contributed by atoms with van der Waals surface area (Å²) in [6.07, 6.45) is 4.65. The Balaban J connectivity index is 1.40. The summed E-state index contributed by atoms with van der Waals surface area (Å²) in [5.74, 6) is 1.14. The molecule has 3 nitrogen and oxygen atoms in total. The number of benzene rings is 1. The van der Waals surface area contributed by atoms with Crippen LogP contribution in [-0.2, 0) is 4.74 Å². The lowest BCUT2D eigenvalue weighted by Crippen LogP contribution is -2.50. The average Bonchev–Trinajstić information content (AvgIpc) is 2.99. The van der Waals surface area contributed by atoms with Crippen LogP contribution in [0.4, 0.5) is 0 Å². The van der Waals surface area contributed by atoms with Crippen LogP contribution in [0.2, 0.25) is 5.02 Å². The molecule has 5 heteroatoms. The Labute approximate surface area is 162 Å². The molecule has 1 aromatic carbocycles. The fourth-order valence-electron chi connectivity index (χ4n) is 4.14. The first-order valence-corrected chi connectivity index (χ1v) is 11.0. The molecule has 0 radical (unpaired) electrons. The van der Waals surface area contributed by atoms with E-state index in [0.717, 1.165) is 29.9 Å². The lowest BCUT2D eigenvalue weighted by molar-refractivity contribution is -0.0722. The minimum Gasteiger partial charge on any atom is -0.373 e. The van der Waals surface area contributed by atoms with E-state index in [0.29, 0.717) is 12.2 Å². The Hall–Kier alpha value is -0.260. The van der Waals surface area contributed by atoms with Gasteiger partial charge in [-0.3, -0.25) is 9.80 Å². The maximum atomic E-state index is 6.24. The van der Waals surface area contributed by atoms with E-state index in [1.165, 1.54) is 43.8 Å². The molecule has 25 heavy (non-hydrogen) atoms. The highest BCUT2D eigenvalue weighted by molar-refractivity contribution is 7.99. The maximum Gasteiger partial charge on any atom is 0.0678 e. The zero-order valence-corrected chi connectivity index (χ0v) is 17.1.